The van der Waals surface area contributed by atoms with Gasteiger partial charge in [-0.3, -0.25) is 0 Å². The summed E-state index contributed by atoms with van der Waals surface area (Å²) in [5.41, 5.74) is 0. The lowest BCUT2D eigenvalue weighted by atomic mass is 10.5. The molecule has 0 aliphatic heterocycles. The molecule has 1 aromatic heterocycles. The smallest absolute Gasteiger partial charge is 0.416 e. The number of methoxy groups -OCH3 is 1. The molecule has 0 aromatic carbocycles. The average molecular weight is 284 g/mol. The van der Waals surface area contributed by atoms with Crippen LogP contribution in [0.3, 0.4) is 0 Å². The van der Waals surface area contributed by atoms with E-state index in [1.807, 2.05) is 13.2 Å². The molecular formula is C11H16N4O3S. The lowest BCUT2D eigenvalue weighted by molar-refractivity contribution is 0.179. The van der Waals surface area contributed by atoms with Crippen LogP contribution in [0.2, 0.25) is 0 Å². The van der Waals surface area contributed by atoms with Crippen molar-refractivity contribution in [3.8, 4) is 6.01 Å². The molecule has 0 atom stereocenters. The fourth-order valence-electron chi connectivity index (χ4n) is 1.21. The maximum atomic E-state index is 11.7. The highest BCUT2D eigenvalue weighted by atomic mass is 32.2. The molecule has 1 aromatic rings. The number of amides is 1. The van der Waals surface area contributed by atoms with Gasteiger partial charge in [0.25, 0.3) is 0 Å². The summed E-state index contributed by atoms with van der Waals surface area (Å²) < 4.78 is 9.93. The van der Waals surface area contributed by atoms with Gasteiger partial charge in [0.05, 0.1) is 20.3 Å². The van der Waals surface area contributed by atoms with Crippen LogP contribution in [0, 0.1) is 0 Å². The van der Waals surface area contributed by atoms with Gasteiger partial charge in [-0.2, -0.15) is 15.0 Å². The maximum Gasteiger partial charge on any atom is 0.416 e. The Balaban J connectivity index is 3.16. The predicted molar refractivity (Wildman–Crippen MR) is 72.7 cm³/mol. The quantitative estimate of drug-likeness (QED) is 0.581. The van der Waals surface area contributed by atoms with Crippen LogP contribution in [0.5, 0.6) is 6.01 Å². The molecule has 8 heteroatoms. The number of rotatable bonds is 6. The zero-order valence-corrected chi connectivity index (χ0v) is 11.9. The minimum atomic E-state index is -0.569. The SMILES string of the molecule is C=CCN(C(=O)OC)c1nc(OCC)nc(SC)n1. The number of carbonyl (C=O) groups is 1. The third-order valence-electron chi connectivity index (χ3n) is 1.99. The molecule has 0 radical (unpaired) electrons. The normalized spacial score (nSPS) is 9.84. The minimum absolute atomic E-state index is 0.176. The second kappa shape index (κ2) is 7.57. The molecule has 19 heavy (non-hydrogen) atoms. The largest absolute Gasteiger partial charge is 0.464 e. The summed E-state index contributed by atoms with van der Waals surface area (Å²) in [5, 5.41) is 0.464. The Morgan fingerprint density at radius 2 is 2.21 bits per heavy atom. The van der Waals surface area contributed by atoms with Crippen molar-refractivity contribution in [2.45, 2.75) is 12.1 Å². The minimum Gasteiger partial charge on any atom is -0.464 e. The molecule has 0 spiro atoms. The zero-order chi connectivity index (χ0) is 14.3. The highest BCUT2D eigenvalue weighted by molar-refractivity contribution is 7.98. The number of hydrogen-bond donors (Lipinski definition) is 0. The summed E-state index contributed by atoms with van der Waals surface area (Å²) in [7, 11) is 1.29. The molecular weight excluding hydrogens is 268 g/mol. The number of thioether (sulfide) groups is 1. The van der Waals surface area contributed by atoms with E-state index in [0.29, 0.717) is 11.8 Å². The van der Waals surface area contributed by atoms with E-state index in [0.717, 1.165) is 0 Å². The van der Waals surface area contributed by atoms with Crippen molar-refractivity contribution in [1.82, 2.24) is 15.0 Å². The molecule has 1 rings (SSSR count). The van der Waals surface area contributed by atoms with Gasteiger partial charge in [0, 0.05) is 0 Å². The van der Waals surface area contributed by atoms with Gasteiger partial charge in [0.2, 0.25) is 5.95 Å². The van der Waals surface area contributed by atoms with E-state index in [2.05, 4.69) is 26.3 Å². The molecule has 1 amide bonds. The molecule has 0 bridgehead atoms. The molecule has 0 saturated heterocycles. The third-order valence-corrected chi connectivity index (χ3v) is 2.53. The molecule has 1 heterocycles. The Morgan fingerprint density at radius 3 is 2.74 bits per heavy atom. The maximum absolute atomic E-state index is 11.7. The van der Waals surface area contributed by atoms with Crippen LogP contribution in [0.1, 0.15) is 6.92 Å². The lowest BCUT2D eigenvalue weighted by Gasteiger charge is -2.17. The average Bonchev–Trinajstić information content (AvgIpc) is 2.43. The van der Waals surface area contributed by atoms with Crippen LogP contribution in [0.25, 0.3) is 0 Å². The van der Waals surface area contributed by atoms with Crippen molar-refractivity contribution in [3.05, 3.63) is 12.7 Å². The van der Waals surface area contributed by atoms with E-state index in [1.54, 1.807) is 6.08 Å². The zero-order valence-electron chi connectivity index (χ0n) is 11.1. The van der Waals surface area contributed by atoms with Gasteiger partial charge in [-0.05, 0) is 13.2 Å². The Kier molecular flexibility index (Phi) is 6.07. The summed E-state index contributed by atoms with van der Waals surface area (Å²) in [5.74, 6) is 0.176. The molecule has 0 saturated carbocycles. The second-order valence-corrected chi connectivity index (χ2v) is 3.98. The Morgan fingerprint density at radius 1 is 1.47 bits per heavy atom. The highest BCUT2D eigenvalue weighted by Crippen LogP contribution is 2.18. The predicted octanol–water partition coefficient (Wildman–Crippen LogP) is 1.75. The van der Waals surface area contributed by atoms with Gasteiger partial charge >= 0.3 is 12.1 Å². The van der Waals surface area contributed by atoms with Gasteiger partial charge in [0.15, 0.2) is 5.16 Å². The Labute approximate surface area is 116 Å². The number of ether oxygens (including phenoxy) is 2. The Hall–Kier alpha value is -1.83. The van der Waals surface area contributed by atoms with E-state index in [-0.39, 0.29) is 18.5 Å². The fourth-order valence-corrected chi connectivity index (χ4v) is 1.55. The first-order valence-corrected chi connectivity index (χ1v) is 6.78. The molecule has 0 aliphatic rings. The monoisotopic (exact) mass is 284 g/mol. The van der Waals surface area contributed by atoms with Gasteiger partial charge in [0.1, 0.15) is 0 Å². The van der Waals surface area contributed by atoms with Crippen molar-refractivity contribution < 1.29 is 14.3 Å². The highest BCUT2D eigenvalue weighted by Gasteiger charge is 2.20. The fraction of sp³-hybridized carbons (Fsp3) is 0.455. The number of aromatic nitrogens is 3. The van der Waals surface area contributed by atoms with Crippen molar-refractivity contribution in [2.75, 3.05) is 31.4 Å². The first-order chi connectivity index (χ1) is 9.15. The summed E-state index contributed by atoms with van der Waals surface area (Å²) in [6.07, 6.45) is 2.81. The van der Waals surface area contributed by atoms with Gasteiger partial charge in [-0.1, -0.05) is 17.8 Å². The second-order valence-electron chi connectivity index (χ2n) is 3.21. The molecule has 0 N–H and O–H groups in total. The number of nitrogens with zero attached hydrogens (tertiary/aromatic N) is 4. The van der Waals surface area contributed by atoms with Crippen molar-refractivity contribution in [3.63, 3.8) is 0 Å². The molecule has 0 fully saturated rings. The molecule has 104 valence electrons. The Bertz CT molecular complexity index is 456. The van der Waals surface area contributed by atoms with Crippen molar-refractivity contribution in [1.29, 1.82) is 0 Å². The van der Waals surface area contributed by atoms with Crippen LogP contribution >= 0.6 is 11.8 Å². The van der Waals surface area contributed by atoms with Crippen LogP contribution in [0.15, 0.2) is 17.8 Å². The standard InChI is InChI=1S/C11H16N4O3S/c1-5-7-15(11(16)17-3)8-12-9(18-6-2)14-10(13-8)19-4/h5H,1,6-7H2,2-4H3. The van der Waals surface area contributed by atoms with E-state index in [9.17, 15) is 4.79 Å². The van der Waals surface area contributed by atoms with Gasteiger partial charge in [-0.25, -0.2) is 9.69 Å². The number of anilines is 1. The third kappa shape index (κ3) is 4.09. The van der Waals surface area contributed by atoms with E-state index in [4.69, 9.17) is 4.74 Å². The topological polar surface area (TPSA) is 77.4 Å². The van der Waals surface area contributed by atoms with E-state index < -0.39 is 6.09 Å². The lowest BCUT2D eigenvalue weighted by Crippen LogP contribution is -2.32. The summed E-state index contributed by atoms with van der Waals surface area (Å²) in [6, 6.07) is 0.176. The van der Waals surface area contributed by atoms with Crippen molar-refractivity contribution >= 4 is 23.8 Å². The van der Waals surface area contributed by atoms with Gasteiger partial charge < -0.3 is 9.47 Å². The van der Waals surface area contributed by atoms with Crippen LogP contribution in [-0.2, 0) is 4.74 Å². The first-order valence-electron chi connectivity index (χ1n) is 5.55. The van der Waals surface area contributed by atoms with Crippen LogP contribution in [0.4, 0.5) is 10.7 Å². The van der Waals surface area contributed by atoms with E-state index in [1.165, 1.54) is 23.8 Å². The van der Waals surface area contributed by atoms with Crippen LogP contribution in [-0.4, -0.2) is 47.6 Å². The molecule has 0 aliphatic carbocycles. The summed E-state index contributed by atoms with van der Waals surface area (Å²) in [4.78, 5) is 25.2. The van der Waals surface area contributed by atoms with Crippen molar-refractivity contribution in [2.24, 2.45) is 0 Å². The molecule has 0 unspecified atom stereocenters. The number of carbonyl (C=O) groups excluding carboxylic acids is 1. The van der Waals surface area contributed by atoms with Crippen LogP contribution < -0.4 is 9.64 Å². The van der Waals surface area contributed by atoms with E-state index >= 15 is 0 Å². The van der Waals surface area contributed by atoms with Gasteiger partial charge in [-0.15, -0.1) is 6.58 Å². The summed E-state index contributed by atoms with van der Waals surface area (Å²) >= 11 is 1.33. The molecule has 7 nitrogen and oxygen atoms in total. The first kappa shape index (κ1) is 15.2. The summed E-state index contributed by atoms with van der Waals surface area (Å²) in [6.45, 7) is 6.07. The number of hydrogen-bond acceptors (Lipinski definition) is 7.